The maximum atomic E-state index is 12.2. The zero-order valence-electron chi connectivity index (χ0n) is 10.7. The van der Waals surface area contributed by atoms with E-state index in [9.17, 15) is 4.79 Å². The van der Waals surface area contributed by atoms with Crippen LogP contribution < -0.4 is 0 Å². The molecule has 0 aliphatic carbocycles. The van der Waals surface area contributed by atoms with E-state index >= 15 is 0 Å². The van der Waals surface area contributed by atoms with Gasteiger partial charge < -0.3 is 0 Å². The molecule has 0 amide bonds. The van der Waals surface area contributed by atoms with Crippen molar-refractivity contribution in [1.29, 1.82) is 0 Å². The van der Waals surface area contributed by atoms with Gasteiger partial charge >= 0.3 is 0 Å². The van der Waals surface area contributed by atoms with Gasteiger partial charge in [-0.1, -0.05) is 31.3 Å². The Labute approximate surface area is 110 Å². The van der Waals surface area contributed by atoms with Crippen LogP contribution in [-0.2, 0) is 11.8 Å². The number of hydrogen-bond acceptors (Lipinski definition) is 5. The molecule has 0 bridgehead atoms. The summed E-state index contributed by atoms with van der Waals surface area (Å²) in [5.74, 6) is 0.0358. The fourth-order valence-corrected chi connectivity index (χ4v) is 2.42. The van der Waals surface area contributed by atoms with E-state index in [0.29, 0.717) is 11.3 Å². The Bertz CT molecular complexity index is 543. The van der Waals surface area contributed by atoms with Crippen LogP contribution >= 0.6 is 11.5 Å². The van der Waals surface area contributed by atoms with Crippen LogP contribution in [0.3, 0.4) is 0 Å². The molecule has 94 valence electrons. The molecule has 0 aliphatic heterocycles. The first-order valence-corrected chi connectivity index (χ1v) is 6.52. The molecule has 0 saturated heterocycles. The number of carbonyl (C=O) groups excluding carboxylic acids is 1. The number of pyridine rings is 1. The van der Waals surface area contributed by atoms with Crippen molar-refractivity contribution in [2.75, 3.05) is 0 Å². The molecule has 0 atom stereocenters. The molecule has 2 rings (SSSR count). The molecule has 2 heterocycles. The summed E-state index contributed by atoms with van der Waals surface area (Å²) in [7, 11) is 0. The normalized spacial score (nSPS) is 11.5. The Kier molecular flexibility index (Phi) is 3.52. The van der Waals surface area contributed by atoms with Crippen LogP contribution in [0.15, 0.2) is 24.4 Å². The quantitative estimate of drug-likeness (QED) is 0.797. The number of Topliss-reactive ketones (excluding diaryl/α,β-unsaturated/α-hetero) is 1. The molecule has 5 heteroatoms. The molecule has 4 nitrogen and oxygen atoms in total. The minimum Gasteiger partial charge on any atom is -0.293 e. The summed E-state index contributed by atoms with van der Waals surface area (Å²) in [6.07, 6.45) is 1.99. The molecule has 0 aliphatic rings. The highest BCUT2D eigenvalue weighted by atomic mass is 32.1. The smallest absolute Gasteiger partial charge is 0.182 e. The Morgan fingerprint density at radius 3 is 2.72 bits per heavy atom. The van der Waals surface area contributed by atoms with E-state index in [1.165, 1.54) is 11.5 Å². The molecule has 0 N–H and O–H groups in total. The van der Waals surface area contributed by atoms with E-state index in [0.717, 1.165) is 11.4 Å². The van der Waals surface area contributed by atoms with Gasteiger partial charge in [0.15, 0.2) is 5.78 Å². The van der Waals surface area contributed by atoms with E-state index in [1.54, 1.807) is 6.20 Å². The molecular weight excluding hydrogens is 246 g/mol. The van der Waals surface area contributed by atoms with Crippen molar-refractivity contribution in [2.45, 2.75) is 32.6 Å². The van der Waals surface area contributed by atoms with E-state index < -0.39 is 0 Å². The zero-order chi connectivity index (χ0) is 13.2. The topological polar surface area (TPSA) is 55.7 Å². The first kappa shape index (κ1) is 12.8. The van der Waals surface area contributed by atoms with E-state index in [1.807, 2.05) is 39.0 Å². The number of nitrogens with zero attached hydrogens (tertiary/aromatic N) is 3. The Balaban J connectivity index is 2.23. The van der Waals surface area contributed by atoms with Crippen LogP contribution in [0.1, 0.15) is 41.8 Å². The van der Waals surface area contributed by atoms with E-state index in [2.05, 4.69) is 14.6 Å². The summed E-state index contributed by atoms with van der Waals surface area (Å²) in [5, 5.41) is 4.08. The first-order valence-electron chi connectivity index (χ1n) is 5.74. The molecular formula is C13H15N3OS. The predicted octanol–water partition coefficient (Wildman–Crippen LogP) is 2.66. The Morgan fingerprint density at radius 2 is 2.11 bits per heavy atom. The van der Waals surface area contributed by atoms with Crippen LogP contribution in [0.5, 0.6) is 0 Å². The monoisotopic (exact) mass is 261 g/mol. The van der Waals surface area contributed by atoms with Gasteiger partial charge in [0.25, 0.3) is 0 Å². The third-order valence-corrected chi connectivity index (χ3v) is 3.29. The van der Waals surface area contributed by atoms with Crippen molar-refractivity contribution in [3.05, 3.63) is 40.7 Å². The minimum absolute atomic E-state index is 0.0358. The number of ketones is 1. The van der Waals surface area contributed by atoms with Crippen molar-refractivity contribution >= 4 is 17.3 Å². The van der Waals surface area contributed by atoms with Gasteiger partial charge in [0, 0.05) is 17.3 Å². The second-order valence-corrected chi connectivity index (χ2v) is 5.88. The summed E-state index contributed by atoms with van der Waals surface area (Å²) >= 11 is 1.17. The molecule has 0 saturated carbocycles. The fourth-order valence-electron chi connectivity index (χ4n) is 1.61. The lowest BCUT2D eigenvalue weighted by Crippen LogP contribution is -2.17. The van der Waals surface area contributed by atoms with Gasteiger partial charge in [0.05, 0.1) is 12.1 Å². The number of rotatable bonds is 3. The van der Waals surface area contributed by atoms with Crippen molar-refractivity contribution in [2.24, 2.45) is 0 Å². The third kappa shape index (κ3) is 2.79. The number of carbonyl (C=O) groups is 1. The highest BCUT2D eigenvalue weighted by Crippen LogP contribution is 2.26. The van der Waals surface area contributed by atoms with Crippen LogP contribution in [0.25, 0.3) is 0 Å². The summed E-state index contributed by atoms with van der Waals surface area (Å²) in [6, 6.07) is 5.57. The Hall–Kier alpha value is -1.62. The summed E-state index contributed by atoms with van der Waals surface area (Å²) in [6.45, 7) is 6.09. The molecule has 2 aromatic rings. The maximum absolute atomic E-state index is 12.2. The van der Waals surface area contributed by atoms with E-state index in [4.69, 9.17) is 0 Å². The molecule has 0 unspecified atom stereocenters. The van der Waals surface area contributed by atoms with Crippen molar-refractivity contribution in [1.82, 2.24) is 14.6 Å². The SMILES string of the molecule is CC(C)(C)c1nnsc1C(=O)Cc1ccccn1. The third-order valence-electron chi connectivity index (χ3n) is 2.52. The fraction of sp³-hybridized carbons (Fsp3) is 0.385. The predicted molar refractivity (Wildman–Crippen MR) is 70.9 cm³/mol. The van der Waals surface area contributed by atoms with Crippen LogP contribution in [0.4, 0.5) is 0 Å². The van der Waals surface area contributed by atoms with Gasteiger partial charge in [0.2, 0.25) is 0 Å². The molecule has 0 fully saturated rings. The van der Waals surface area contributed by atoms with Gasteiger partial charge in [0.1, 0.15) is 4.88 Å². The van der Waals surface area contributed by atoms with Gasteiger partial charge in [-0.15, -0.1) is 5.10 Å². The lowest BCUT2D eigenvalue weighted by molar-refractivity contribution is 0.0993. The van der Waals surface area contributed by atoms with Gasteiger partial charge in [-0.05, 0) is 23.7 Å². The van der Waals surface area contributed by atoms with E-state index in [-0.39, 0.29) is 11.2 Å². The zero-order valence-corrected chi connectivity index (χ0v) is 11.5. The van der Waals surface area contributed by atoms with Crippen molar-refractivity contribution in [3.8, 4) is 0 Å². The molecule has 0 radical (unpaired) electrons. The average Bonchev–Trinajstić information content (AvgIpc) is 2.79. The summed E-state index contributed by atoms with van der Waals surface area (Å²) < 4.78 is 3.90. The molecule has 18 heavy (non-hydrogen) atoms. The molecule has 2 aromatic heterocycles. The largest absolute Gasteiger partial charge is 0.293 e. The average molecular weight is 261 g/mol. The minimum atomic E-state index is -0.165. The second kappa shape index (κ2) is 4.94. The van der Waals surface area contributed by atoms with Crippen LogP contribution in [-0.4, -0.2) is 20.4 Å². The van der Waals surface area contributed by atoms with Gasteiger partial charge in [-0.3, -0.25) is 9.78 Å². The standard InChI is InChI=1S/C13H15N3OS/c1-13(2,3)12-11(18-16-15-12)10(17)8-9-6-4-5-7-14-9/h4-7H,8H2,1-3H3. The van der Waals surface area contributed by atoms with Gasteiger partial charge in [-0.25, -0.2) is 0 Å². The molecule has 0 aromatic carbocycles. The second-order valence-electron chi connectivity index (χ2n) is 5.12. The summed E-state index contributed by atoms with van der Waals surface area (Å²) in [4.78, 5) is 17.0. The highest BCUT2D eigenvalue weighted by Gasteiger charge is 2.26. The number of aromatic nitrogens is 3. The first-order chi connectivity index (χ1) is 8.48. The lowest BCUT2D eigenvalue weighted by Gasteiger charge is -2.15. The van der Waals surface area contributed by atoms with Crippen molar-refractivity contribution in [3.63, 3.8) is 0 Å². The maximum Gasteiger partial charge on any atom is 0.182 e. The van der Waals surface area contributed by atoms with Gasteiger partial charge in [-0.2, -0.15) is 0 Å². The molecule has 0 spiro atoms. The highest BCUT2D eigenvalue weighted by molar-refractivity contribution is 7.08. The number of hydrogen-bond donors (Lipinski definition) is 0. The van der Waals surface area contributed by atoms with Crippen molar-refractivity contribution < 1.29 is 4.79 Å². The lowest BCUT2D eigenvalue weighted by atomic mass is 9.90. The Morgan fingerprint density at radius 1 is 1.33 bits per heavy atom. The summed E-state index contributed by atoms with van der Waals surface area (Å²) in [5.41, 5.74) is 1.38. The van der Waals surface area contributed by atoms with Crippen LogP contribution in [0, 0.1) is 0 Å². The van der Waals surface area contributed by atoms with Crippen LogP contribution in [0.2, 0.25) is 0 Å².